The minimum absolute atomic E-state index is 0.207. The van der Waals surface area contributed by atoms with Crippen LogP contribution in [-0.4, -0.2) is 69.6 Å². The number of imidazole rings is 1. The highest BCUT2D eigenvalue weighted by atomic mass is 19.4. The van der Waals surface area contributed by atoms with Crippen LogP contribution < -0.4 is 20.6 Å². The summed E-state index contributed by atoms with van der Waals surface area (Å²) >= 11 is 0. The van der Waals surface area contributed by atoms with Crippen LogP contribution >= 0.6 is 0 Å². The van der Waals surface area contributed by atoms with Crippen molar-refractivity contribution in [2.24, 2.45) is 0 Å². The van der Waals surface area contributed by atoms with E-state index in [1.54, 1.807) is 28.2 Å². The molecule has 0 atom stereocenters. The van der Waals surface area contributed by atoms with Crippen LogP contribution in [0.25, 0.3) is 11.2 Å². The molecule has 1 saturated heterocycles. The van der Waals surface area contributed by atoms with Gasteiger partial charge in [-0.25, -0.2) is 9.59 Å². The Bertz CT molecular complexity index is 1460. The van der Waals surface area contributed by atoms with Crippen molar-refractivity contribution in [3.8, 4) is 23.9 Å². The van der Waals surface area contributed by atoms with Crippen molar-refractivity contribution >= 4 is 23.0 Å². The molecule has 3 aromatic rings. The largest absolute Gasteiger partial charge is 0.490 e. The lowest BCUT2D eigenvalue weighted by molar-refractivity contribution is -0.192. The summed E-state index contributed by atoms with van der Waals surface area (Å²) in [5.41, 5.74) is 2.42. The van der Waals surface area contributed by atoms with Crippen LogP contribution in [0.15, 0.2) is 29.1 Å². The number of methoxy groups -OCH3 is 1. The number of anilines is 1. The number of benzene rings is 1. The summed E-state index contributed by atoms with van der Waals surface area (Å²) in [7, 11) is 1.52. The molecule has 0 aliphatic carbocycles. The molecule has 0 radical (unpaired) electrons. The van der Waals surface area contributed by atoms with Crippen LogP contribution in [0, 0.1) is 23.2 Å². The van der Waals surface area contributed by atoms with Crippen LogP contribution in [0.2, 0.25) is 0 Å². The highest BCUT2D eigenvalue weighted by Crippen LogP contribution is 2.27. The Balaban J connectivity index is 0.000000505. The number of halogens is 3. The Kier molecular flexibility index (Phi) is 8.94. The molecule has 0 bridgehead atoms. The third-order valence-electron chi connectivity index (χ3n) is 5.49. The van der Waals surface area contributed by atoms with Gasteiger partial charge in [-0.2, -0.15) is 28.4 Å². The normalized spacial score (nSPS) is 13.1. The number of carboxylic acids is 1. The molecule has 0 saturated carbocycles. The Morgan fingerprint density at radius 1 is 1.18 bits per heavy atom. The number of nitrogens with one attached hydrogen (secondary N) is 1. The van der Waals surface area contributed by atoms with Gasteiger partial charge in [0.25, 0.3) is 0 Å². The van der Waals surface area contributed by atoms with Crippen molar-refractivity contribution < 1.29 is 27.8 Å². The first-order chi connectivity index (χ1) is 18.1. The maximum atomic E-state index is 13.4. The fourth-order valence-corrected chi connectivity index (χ4v) is 3.68. The minimum atomic E-state index is -5.08. The number of hydrogen-bond donors (Lipinski definition) is 2. The number of alkyl halides is 3. The third kappa shape index (κ3) is 6.41. The quantitative estimate of drug-likeness (QED) is 0.470. The standard InChI is InChI=1S/C22H23N7O2.C2HF3O2/c1-3-4-11-28-18-19(27-12-9-24-10-13-27)25-21(31-2)26-20(18)29(22(28)30)15-17-7-5-16(14-23)6-8-17;3-2(4,5)1(6)7/h5-8,24H,9-13,15H2,1-2H3;(H,6,7). The number of aromatic nitrogens is 4. The van der Waals surface area contributed by atoms with Gasteiger partial charge < -0.3 is 20.1 Å². The van der Waals surface area contributed by atoms with E-state index in [1.807, 2.05) is 12.1 Å². The molecule has 1 aromatic carbocycles. The molecule has 1 aliphatic rings. The van der Waals surface area contributed by atoms with Crippen LogP contribution in [0.1, 0.15) is 18.1 Å². The van der Waals surface area contributed by atoms with Gasteiger partial charge in [-0.15, -0.1) is 5.92 Å². The first-order valence-electron chi connectivity index (χ1n) is 11.3. The summed E-state index contributed by atoms with van der Waals surface area (Å²) in [6.07, 6.45) is -5.08. The van der Waals surface area contributed by atoms with E-state index in [0.29, 0.717) is 29.1 Å². The van der Waals surface area contributed by atoms with E-state index in [9.17, 15) is 18.0 Å². The van der Waals surface area contributed by atoms with E-state index in [4.69, 9.17) is 19.9 Å². The van der Waals surface area contributed by atoms with Crippen LogP contribution in [0.3, 0.4) is 0 Å². The van der Waals surface area contributed by atoms with Crippen LogP contribution in [-0.2, 0) is 17.9 Å². The van der Waals surface area contributed by atoms with Crippen LogP contribution in [0.5, 0.6) is 6.01 Å². The molecular formula is C24H24F3N7O4. The second kappa shape index (κ2) is 12.1. The van der Waals surface area contributed by atoms with Crippen molar-refractivity contribution in [1.29, 1.82) is 5.26 Å². The predicted octanol–water partition coefficient (Wildman–Crippen LogP) is 1.59. The number of hydrogen-bond acceptors (Lipinski definition) is 8. The van der Waals surface area contributed by atoms with E-state index >= 15 is 0 Å². The van der Waals surface area contributed by atoms with Crippen molar-refractivity contribution in [2.75, 3.05) is 38.2 Å². The molecule has 4 rings (SSSR count). The number of carbonyl (C=O) groups is 1. The molecule has 1 fully saturated rings. The Morgan fingerprint density at radius 3 is 2.34 bits per heavy atom. The zero-order valence-electron chi connectivity index (χ0n) is 20.5. The molecule has 11 nitrogen and oxygen atoms in total. The van der Waals surface area contributed by atoms with Gasteiger partial charge in [-0.3, -0.25) is 9.13 Å². The number of rotatable bonds is 5. The molecule has 1 aliphatic heterocycles. The van der Waals surface area contributed by atoms with E-state index in [1.165, 1.54) is 7.11 Å². The molecule has 2 N–H and O–H groups in total. The average Bonchev–Trinajstić information content (AvgIpc) is 3.17. The second-order valence-corrected chi connectivity index (χ2v) is 7.94. The maximum Gasteiger partial charge on any atom is 0.490 e. The number of carboxylic acid groups (broad SMARTS) is 1. The number of nitrogens with zero attached hydrogens (tertiary/aromatic N) is 6. The van der Waals surface area contributed by atoms with Gasteiger partial charge in [0.15, 0.2) is 11.5 Å². The summed E-state index contributed by atoms with van der Waals surface area (Å²) in [5, 5.41) is 19.5. The van der Waals surface area contributed by atoms with Crippen molar-refractivity contribution in [3.63, 3.8) is 0 Å². The van der Waals surface area contributed by atoms with Gasteiger partial charge in [-0.1, -0.05) is 18.1 Å². The molecule has 38 heavy (non-hydrogen) atoms. The maximum absolute atomic E-state index is 13.4. The topological polar surface area (TPSA) is 138 Å². The number of aliphatic carboxylic acids is 1. The molecular weight excluding hydrogens is 507 g/mol. The summed E-state index contributed by atoms with van der Waals surface area (Å²) in [6.45, 7) is 5.51. The lowest BCUT2D eigenvalue weighted by Crippen LogP contribution is -2.44. The summed E-state index contributed by atoms with van der Waals surface area (Å²) in [4.78, 5) is 33.6. The SMILES string of the molecule is CC#CCn1c(=O)n(Cc2ccc(C#N)cc2)c2nc(OC)nc(N3CCNCC3)c21.O=C(O)C(F)(F)F. The number of nitriles is 1. The molecule has 2 aromatic heterocycles. The zero-order chi connectivity index (χ0) is 27.9. The number of fused-ring (bicyclic) bond motifs is 1. The fourth-order valence-electron chi connectivity index (χ4n) is 3.68. The molecule has 0 amide bonds. The second-order valence-electron chi connectivity index (χ2n) is 7.94. The summed E-state index contributed by atoms with van der Waals surface area (Å²) < 4.78 is 40.3. The lowest BCUT2D eigenvalue weighted by Gasteiger charge is -2.29. The highest BCUT2D eigenvalue weighted by molar-refractivity contribution is 5.85. The van der Waals surface area contributed by atoms with Gasteiger partial charge >= 0.3 is 23.8 Å². The van der Waals surface area contributed by atoms with E-state index in [0.717, 1.165) is 31.7 Å². The van der Waals surface area contributed by atoms with Gasteiger partial charge in [0, 0.05) is 26.2 Å². The summed E-state index contributed by atoms with van der Waals surface area (Å²) in [5.74, 6) is 3.78. The Hall–Kier alpha value is -4.56. The molecule has 200 valence electrons. The van der Waals surface area contributed by atoms with Gasteiger partial charge in [0.2, 0.25) is 0 Å². The van der Waals surface area contributed by atoms with E-state index < -0.39 is 12.1 Å². The lowest BCUT2D eigenvalue weighted by atomic mass is 10.1. The number of piperazine rings is 1. The van der Waals surface area contributed by atoms with Crippen molar-refractivity contribution in [1.82, 2.24) is 24.4 Å². The van der Waals surface area contributed by atoms with E-state index in [-0.39, 0.29) is 18.2 Å². The van der Waals surface area contributed by atoms with Gasteiger partial charge in [0.1, 0.15) is 5.52 Å². The Labute approximate surface area is 215 Å². The molecule has 0 spiro atoms. The van der Waals surface area contributed by atoms with Crippen molar-refractivity contribution in [2.45, 2.75) is 26.2 Å². The fraction of sp³-hybridized carbons (Fsp3) is 0.375. The Morgan fingerprint density at radius 2 is 1.82 bits per heavy atom. The highest BCUT2D eigenvalue weighted by Gasteiger charge is 2.38. The zero-order valence-corrected chi connectivity index (χ0v) is 20.5. The van der Waals surface area contributed by atoms with Crippen LogP contribution in [0.4, 0.5) is 19.0 Å². The van der Waals surface area contributed by atoms with E-state index in [2.05, 4.69) is 38.1 Å². The first-order valence-corrected chi connectivity index (χ1v) is 11.3. The summed E-state index contributed by atoms with van der Waals surface area (Å²) in [6, 6.07) is 9.49. The molecule has 14 heteroatoms. The van der Waals surface area contributed by atoms with Gasteiger partial charge in [0.05, 0.1) is 31.8 Å². The minimum Gasteiger partial charge on any atom is -0.475 e. The average molecular weight is 531 g/mol. The number of ether oxygens (including phenoxy) is 1. The molecule has 3 heterocycles. The monoisotopic (exact) mass is 531 g/mol. The first kappa shape index (κ1) is 28.0. The van der Waals surface area contributed by atoms with Gasteiger partial charge in [-0.05, 0) is 24.6 Å². The molecule has 0 unspecified atom stereocenters. The predicted molar refractivity (Wildman–Crippen MR) is 131 cm³/mol. The smallest absolute Gasteiger partial charge is 0.475 e. The third-order valence-corrected chi connectivity index (χ3v) is 5.49. The van der Waals surface area contributed by atoms with Crippen molar-refractivity contribution in [3.05, 3.63) is 45.9 Å².